The number of rotatable bonds is 2. The van der Waals surface area contributed by atoms with Crippen molar-refractivity contribution in [2.75, 3.05) is 0 Å². The molecule has 0 N–H and O–H groups in total. The molecule has 0 saturated heterocycles. The molecule has 0 amide bonds. The maximum Gasteiger partial charge on any atom is 0.314 e. The number of esters is 1. The van der Waals surface area contributed by atoms with Gasteiger partial charge in [0.1, 0.15) is 5.75 Å². The van der Waals surface area contributed by atoms with Crippen LogP contribution in [0, 0.1) is 5.92 Å². The molecule has 1 aromatic rings. The van der Waals surface area contributed by atoms with Gasteiger partial charge in [0.15, 0.2) is 0 Å². The summed E-state index contributed by atoms with van der Waals surface area (Å²) in [6.07, 6.45) is 5.57. The first kappa shape index (κ1) is 10.2. The Labute approximate surface area is 90.3 Å². The fraction of sp³-hybridized carbons (Fsp3) is 0.462. The van der Waals surface area contributed by atoms with Gasteiger partial charge in [-0.25, -0.2) is 0 Å². The van der Waals surface area contributed by atoms with Crippen LogP contribution in [0.25, 0.3) is 0 Å². The van der Waals surface area contributed by atoms with Gasteiger partial charge in [-0.3, -0.25) is 4.79 Å². The molecule has 0 heterocycles. The van der Waals surface area contributed by atoms with Crippen LogP contribution in [0.4, 0.5) is 0 Å². The van der Waals surface area contributed by atoms with E-state index in [4.69, 9.17) is 4.74 Å². The minimum absolute atomic E-state index is 0.0547. The molecule has 2 nitrogen and oxygen atoms in total. The summed E-state index contributed by atoms with van der Waals surface area (Å²) < 4.78 is 5.31. The van der Waals surface area contributed by atoms with Crippen molar-refractivity contribution in [2.24, 2.45) is 5.92 Å². The summed E-state index contributed by atoms with van der Waals surface area (Å²) in [5, 5.41) is 0. The molecule has 0 unspecified atom stereocenters. The third kappa shape index (κ3) is 2.82. The van der Waals surface area contributed by atoms with Gasteiger partial charge in [-0.1, -0.05) is 37.5 Å². The molecule has 1 aliphatic rings. The number of hydrogen-bond acceptors (Lipinski definition) is 2. The van der Waals surface area contributed by atoms with Gasteiger partial charge in [-0.05, 0) is 25.0 Å². The highest BCUT2D eigenvalue weighted by Crippen LogP contribution is 2.25. The molecular weight excluding hydrogens is 188 g/mol. The first-order valence-electron chi connectivity index (χ1n) is 5.63. The topological polar surface area (TPSA) is 26.3 Å². The van der Waals surface area contributed by atoms with E-state index >= 15 is 0 Å². The van der Waals surface area contributed by atoms with Crippen molar-refractivity contribution in [1.29, 1.82) is 0 Å². The van der Waals surface area contributed by atoms with Gasteiger partial charge in [0.25, 0.3) is 0 Å². The molecule has 1 fully saturated rings. The van der Waals surface area contributed by atoms with Crippen LogP contribution in [0.1, 0.15) is 32.1 Å². The van der Waals surface area contributed by atoms with E-state index < -0.39 is 0 Å². The van der Waals surface area contributed by atoms with Gasteiger partial charge in [-0.2, -0.15) is 0 Å². The molecule has 1 aromatic carbocycles. The number of carbonyl (C=O) groups is 1. The minimum Gasteiger partial charge on any atom is -0.426 e. The van der Waals surface area contributed by atoms with Crippen molar-refractivity contribution >= 4 is 5.97 Å². The molecule has 0 bridgehead atoms. The smallest absolute Gasteiger partial charge is 0.314 e. The molecule has 15 heavy (non-hydrogen) atoms. The SMILES string of the molecule is O=C(Oc1ccccc1)C1CCCCC1. The van der Waals surface area contributed by atoms with E-state index in [1.807, 2.05) is 30.3 Å². The minimum atomic E-state index is -0.0547. The summed E-state index contributed by atoms with van der Waals surface area (Å²) >= 11 is 0. The van der Waals surface area contributed by atoms with E-state index in [9.17, 15) is 4.79 Å². The van der Waals surface area contributed by atoms with Crippen LogP contribution >= 0.6 is 0 Å². The van der Waals surface area contributed by atoms with Crippen LogP contribution in [0.2, 0.25) is 0 Å². The number of para-hydroxylation sites is 1. The Balaban J connectivity index is 1.91. The largest absolute Gasteiger partial charge is 0.426 e. The lowest BCUT2D eigenvalue weighted by Crippen LogP contribution is -2.22. The van der Waals surface area contributed by atoms with Gasteiger partial charge in [0, 0.05) is 0 Å². The standard InChI is InChI=1S/C13H16O2/c14-13(11-7-3-1-4-8-11)15-12-9-5-2-6-10-12/h2,5-6,9-11H,1,3-4,7-8H2. The number of hydrogen-bond donors (Lipinski definition) is 0. The predicted octanol–water partition coefficient (Wildman–Crippen LogP) is 3.17. The number of benzene rings is 1. The summed E-state index contributed by atoms with van der Waals surface area (Å²) in [4.78, 5) is 11.7. The molecule has 0 radical (unpaired) electrons. The second-order valence-electron chi connectivity index (χ2n) is 4.07. The zero-order valence-corrected chi connectivity index (χ0v) is 8.82. The number of ether oxygens (including phenoxy) is 1. The highest BCUT2D eigenvalue weighted by molar-refractivity contribution is 5.75. The van der Waals surface area contributed by atoms with E-state index in [2.05, 4.69) is 0 Å². The van der Waals surface area contributed by atoms with E-state index in [0.29, 0.717) is 5.75 Å². The summed E-state index contributed by atoms with van der Waals surface area (Å²) in [5.41, 5.74) is 0. The molecule has 80 valence electrons. The average molecular weight is 204 g/mol. The summed E-state index contributed by atoms with van der Waals surface area (Å²) in [6.45, 7) is 0. The van der Waals surface area contributed by atoms with Crippen molar-refractivity contribution in [3.05, 3.63) is 30.3 Å². The molecule has 0 spiro atoms. The van der Waals surface area contributed by atoms with Crippen LogP contribution in [-0.4, -0.2) is 5.97 Å². The van der Waals surface area contributed by atoms with Gasteiger partial charge in [0.2, 0.25) is 0 Å². The zero-order valence-electron chi connectivity index (χ0n) is 8.82. The molecule has 0 aromatic heterocycles. The Kier molecular flexibility index (Phi) is 3.38. The van der Waals surface area contributed by atoms with Crippen LogP contribution in [0.15, 0.2) is 30.3 Å². The van der Waals surface area contributed by atoms with Crippen LogP contribution in [-0.2, 0) is 4.79 Å². The van der Waals surface area contributed by atoms with Gasteiger partial charge < -0.3 is 4.74 Å². The van der Waals surface area contributed by atoms with Crippen molar-refractivity contribution < 1.29 is 9.53 Å². The molecule has 1 saturated carbocycles. The molecular formula is C13H16O2. The van der Waals surface area contributed by atoms with Gasteiger partial charge >= 0.3 is 5.97 Å². The van der Waals surface area contributed by atoms with Crippen molar-refractivity contribution in [1.82, 2.24) is 0 Å². The van der Waals surface area contributed by atoms with E-state index in [0.717, 1.165) is 25.7 Å². The van der Waals surface area contributed by atoms with Gasteiger partial charge in [0.05, 0.1) is 5.92 Å². The number of carbonyl (C=O) groups excluding carboxylic acids is 1. The molecule has 0 aliphatic heterocycles. The molecule has 0 atom stereocenters. The normalized spacial score (nSPS) is 17.3. The fourth-order valence-corrected chi connectivity index (χ4v) is 2.03. The van der Waals surface area contributed by atoms with Crippen LogP contribution < -0.4 is 4.74 Å². The Morgan fingerprint density at radius 2 is 1.73 bits per heavy atom. The van der Waals surface area contributed by atoms with E-state index in [1.165, 1.54) is 6.42 Å². The third-order valence-electron chi connectivity index (χ3n) is 2.90. The van der Waals surface area contributed by atoms with Gasteiger partial charge in [-0.15, -0.1) is 0 Å². The average Bonchev–Trinajstić information content (AvgIpc) is 2.31. The highest BCUT2D eigenvalue weighted by atomic mass is 16.5. The fourth-order valence-electron chi connectivity index (χ4n) is 2.03. The van der Waals surface area contributed by atoms with Crippen molar-refractivity contribution in [3.63, 3.8) is 0 Å². The Morgan fingerprint density at radius 3 is 2.40 bits per heavy atom. The second kappa shape index (κ2) is 4.96. The summed E-state index contributed by atoms with van der Waals surface area (Å²) in [5.74, 6) is 0.730. The maximum atomic E-state index is 11.7. The van der Waals surface area contributed by atoms with E-state index in [1.54, 1.807) is 0 Å². The highest BCUT2D eigenvalue weighted by Gasteiger charge is 2.22. The lowest BCUT2D eigenvalue weighted by Gasteiger charge is -2.19. The molecule has 1 aliphatic carbocycles. The Morgan fingerprint density at radius 1 is 1.07 bits per heavy atom. The third-order valence-corrected chi connectivity index (χ3v) is 2.90. The summed E-state index contributed by atoms with van der Waals surface area (Å²) in [6, 6.07) is 9.31. The van der Waals surface area contributed by atoms with E-state index in [-0.39, 0.29) is 11.9 Å². The molecule has 2 rings (SSSR count). The first-order valence-corrected chi connectivity index (χ1v) is 5.63. The zero-order chi connectivity index (χ0) is 10.5. The van der Waals surface area contributed by atoms with Crippen LogP contribution in [0.3, 0.4) is 0 Å². The van der Waals surface area contributed by atoms with Crippen molar-refractivity contribution in [2.45, 2.75) is 32.1 Å². The predicted molar refractivity (Wildman–Crippen MR) is 58.7 cm³/mol. The quantitative estimate of drug-likeness (QED) is 0.546. The molecule has 2 heteroatoms. The maximum absolute atomic E-state index is 11.7. The Hall–Kier alpha value is -1.31. The first-order chi connectivity index (χ1) is 7.36. The Bertz CT molecular complexity index is 313. The van der Waals surface area contributed by atoms with Crippen molar-refractivity contribution in [3.8, 4) is 5.75 Å². The lowest BCUT2D eigenvalue weighted by atomic mass is 9.89. The van der Waals surface area contributed by atoms with Crippen LogP contribution in [0.5, 0.6) is 5.75 Å². The second-order valence-corrected chi connectivity index (χ2v) is 4.07. The lowest BCUT2D eigenvalue weighted by molar-refractivity contribution is -0.139. The summed E-state index contributed by atoms with van der Waals surface area (Å²) in [7, 11) is 0. The monoisotopic (exact) mass is 204 g/mol.